The molecule has 152 valence electrons. The van der Waals surface area contributed by atoms with Crippen LogP contribution in [0.1, 0.15) is 37.7 Å². The molecule has 3 atom stereocenters. The van der Waals surface area contributed by atoms with Crippen LogP contribution in [0.5, 0.6) is 0 Å². The van der Waals surface area contributed by atoms with Crippen LogP contribution in [0.3, 0.4) is 0 Å². The van der Waals surface area contributed by atoms with Crippen LogP contribution in [0.2, 0.25) is 0 Å². The lowest BCUT2D eigenvalue weighted by Gasteiger charge is -2.51. The average Bonchev–Trinajstić information content (AvgIpc) is 2.73. The molecule has 5 rings (SSSR count). The predicted octanol–water partition coefficient (Wildman–Crippen LogP) is 4.19. The second-order valence-electron chi connectivity index (χ2n) is 9.12. The summed E-state index contributed by atoms with van der Waals surface area (Å²) in [4.78, 5) is 12.5. The molecular weight excluding hydrogens is 382 g/mol. The first kappa shape index (κ1) is 19.0. The largest absolute Gasteiger partial charge is 0.295 e. The van der Waals surface area contributed by atoms with Crippen molar-refractivity contribution in [3.63, 3.8) is 0 Å². The zero-order valence-electron chi connectivity index (χ0n) is 16.8. The van der Waals surface area contributed by atoms with Gasteiger partial charge in [-0.3, -0.25) is 4.79 Å². The number of benzene rings is 1. The summed E-state index contributed by atoms with van der Waals surface area (Å²) >= 11 is 0. The van der Waals surface area contributed by atoms with Crippen molar-refractivity contribution in [3.05, 3.63) is 65.3 Å². The predicted molar refractivity (Wildman–Crippen MR) is 113 cm³/mol. The van der Waals surface area contributed by atoms with Gasteiger partial charge in [0.1, 0.15) is 0 Å². The zero-order chi connectivity index (χ0) is 20.2. The van der Waals surface area contributed by atoms with Gasteiger partial charge in [0.05, 0.1) is 4.90 Å². The Morgan fingerprint density at radius 1 is 1.17 bits per heavy atom. The lowest BCUT2D eigenvalue weighted by Crippen LogP contribution is -2.50. The molecule has 1 aromatic carbocycles. The van der Waals surface area contributed by atoms with E-state index in [-0.39, 0.29) is 11.2 Å². The quantitative estimate of drug-likeness (QED) is 0.749. The Balaban J connectivity index is 1.47. The maximum absolute atomic E-state index is 13.4. The SMILES string of the molecule is Cc1ccc(S(=O)(=O)N2CCC3=CC(=O)CCC3(CC3C4=CC=CC3C4)C2)cc1. The molecule has 3 aliphatic carbocycles. The van der Waals surface area contributed by atoms with Crippen LogP contribution in [0.15, 0.2) is 64.6 Å². The maximum Gasteiger partial charge on any atom is 0.243 e. The number of sulfonamides is 1. The summed E-state index contributed by atoms with van der Waals surface area (Å²) in [5.41, 5.74) is 3.51. The fourth-order valence-electron chi connectivity index (χ4n) is 5.58. The second-order valence-corrected chi connectivity index (χ2v) is 11.1. The maximum atomic E-state index is 13.4. The van der Waals surface area contributed by atoms with E-state index in [4.69, 9.17) is 0 Å². The standard InChI is InChI=1S/C24H27NO3S/c1-17-5-7-22(8-6-17)29(27,28)25-12-10-20-14-21(26)9-11-24(20,16-25)15-23-18-3-2-4-19(23)13-18/h2-8,14,18,23H,9-13,15-16H2,1H3. The van der Waals surface area contributed by atoms with Gasteiger partial charge < -0.3 is 0 Å². The minimum atomic E-state index is -3.53. The third kappa shape index (κ3) is 3.15. The number of aryl methyl sites for hydroxylation is 1. The van der Waals surface area contributed by atoms with Crippen molar-refractivity contribution in [1.82, 2.24) is 4.31 Å². The average molecular weight is 410 g/mol. The monoisotopic (exact) mass is 409 g/mol. The molecule has 5 heteroatoms. The van der Waals surface area contributed by atoms with E-state index in [0.717, 1.165) is 24.8 Å². The number of fused-ring (bicyclic) bond motifs is 3. The second kappa shape index (κ2) is 6.78. The van der Waals surface area contributed by atoms with E-state index in [0.29, 0.717) is 42.7 Å². The Hall–Kier alpha value is -1.98. The third-order valence-corrected chi connectivity index (χ3v) is 9.24. The summed E-state index contributed by atoms with van der Waals surface area (Å²) in [6.07, 6.45) is 12.5. The van der Waals surface area contributed by atoms with Crippen molar-refractivity contribution in [3.8, 4) is 0 Å². The molecule has 0 amide bonds. The van der Waals surface area contributed by atoms with Crippen LogP contribution in [0, 0.1) is 24.2 Å². The van der Waals surface area contributed by atoms with Crippen molar-refractivity contribution in [2.24, 2.45) is 17.3 Å². The minimum absolute atomic E-state index is 0.193. The first-order valence-corrected chi connectivity index (χ1v) is 12.0. The highest BCUT2D eigenvalue weighted by molar-refractivity contribution is 7.89. The molecule has 0 N–H and O–H groups in total. The summed E-state index contributed by atoms with van der Waals surface area (Å²) in [5.74, 6) is 1.27. The van der Waals surface area contributed by atoms with Crippen LogP contribution in [0.4, 0.5) is 0 Å². The Labute approximate surface area is 173 Å². The van der Waals surface area contributed by atoms with Gasteiger partial charge >= 0.3 is 0 Å². The number of allylic oxidation sites excluding steroid dienone is 5. The molecule has 4 aliphatic rings. The minimum Gasteiger partial charge on any atom is -0.295 e. The van der Waals surface area contributed by atoms with Crippen LogP contribution in [-0.2, 0) is 14.8 Å². The first-order chi connectivity index (χ1) is 13.9. The molecule has 3 unspecified atom stereocenters. The highest BCUT2D eigenvalue weighted by Gasteiger charge is 2.49. The smallest absolute Gasteiger partial charge is 0.243 e. The molecular formula is C24H27NO3S. The van der Waals surface area contributed by atoms with Gasteiger partial charge in [-0.15, -0.1) is 0 Å². The summed E-state index contributed by atoms with van der Waals surface area (Å²) in [7, 11) is -3.53. The lowest BCUT2D eigenvalue weighted by atomic mass is 9.56. The van der Waals surface area contributed by atoms with Gasteiger partial charge in [-0.2, -0.15) is 4.31 Å². The van der Waals surface area contributed by atoms with Crippen LogP contribution in [0.25, 0.3) is 0 Å². The number of carbonyl (C=O) groups is 1. The van der Waals surface area contributed by atoms with Crippen molar-refractivity contribution in [2.45, 2.75) is 43.9 Å². The molecule has 1 saturated carbocycles. The highest BCUT2D eigenvalue weighted by Crippen LogP contribution is 2.55. The number of piperidine rings is 1. The Morgan fingerprint density at radius 2 is 1.97 bits per heavy atom. The van der Waals surface area contributed by atoms with Gasteiger partial charge in [-0.1, -0.05) is 47.1 Å². The van der Waals surface area contributed by atoms with Gasteiger partial charge in [0.15, 0.2) is 5.78 Å². The van der Waals surface area contributed by atoms with E-state index < -0.39 is 10.0 Å². The number of carbonyl (C=O) groups excluding carboxylic acids is 1. The normalized spacial score (nSPS) is 31.6. The number of rotatable bonds is 4. The Morgan fingerprint density at radius 3 is 2.66 bits per heavy atom. The van der Waals surface area contributed by atoms with Gasteiger partial charge in [0, 0.05) is 24.9 Å². The molecule has 29 heavy (non-hydrogen) atoms. The van der Waals surface area contributed by atoms with E-state index in [1.54, 1.807) is 16.4 Å². The van der Waals surface area contributed by atoms with Gasteiger partial charge in [-0.05, 0) is 62.7 Å². The van der Waals surface area contributed by atoms with E-state index in [2.05, 4.69) is 18.2 Å². The van der Waals surface area contributed by atoms with Gasteiger partial charge in [-0.25, -0.2) is 8.42 Å². The Kier molecular flexibility index (Phi) is 4.44. The molecule has 0 aromatic heterocycles. The van der Waals surface area contributed by atoms with Crippen molar-refractivity contribution >= 4 is 15.8 Å². The molecule has 0 radical (unpaired) electrons. The number of ketones is 1. The third-order valence-electron chi connectivity index (χ3n) is 7.38. The van der Waals surface area contributed by atoms with E-state index in [9.17, 15) is 13.2 Å². The highest BCUT2D eigenvalue weighted by atomic mass is 32.2. The number of hydrogen-bond donors (Lipinski definition) is 0. The van der Waals surface area contributed by atoms with Crippen LogP contribution in [-0.4, -0.2) is 31.6 Å². The van der Waals surface area contributed by atoms with Crippen LogP contribution < -0.4 is 0 Å². The van der Waals surface area contributed by atoms with E-state index in [1.807, 2.05) is 25.1 Å². The summed E-state index contributed by atoms with van der Waals surface area (Å²) in [6.45, 7) is 2.90. The fourth-order valence-corrected chi connectivity index (χ4v) is 7.11. The molecule has 4 nitrogen and oxygen atoms in total. The topological polar surface area (TPSA) is 54.5 Å². The van der Waals surface area contributed by atoms with Gasteiger partial charge in [0.25, 0.3) is 0 Å². The molecule has 1 aromatic rings. The molecule has 1 saturated heterocycles. The summed E-state index contributed by atoms with van der Waals surface area (Å²) in [5, 5.41) is 0. The summed E-state index contributed by atoms with van der Waals surface area (Å²) < 4.78 is 28.4. The van der Waals surface area contributed by atoms with E-state index in [1.165, 1.54) is 11.1 Å². The fraction of sp³-hybridized carbons (Fsp3) is 0.458. The first-order valence-electron chi connectivity index (χ1n) is 10.6. The Bertz CT molecular complexity index is 1050. The van der Waals surface area contributed by atoms with Gasteiger partial charge in [0.2, 0.25) is 10.0 Å². The van der Waals surface area contributed by atoms with Crippen molar-refractivity contribution in [1.29, 1.82) is 0 Å². The molecule has 0 spiro atoms. The summed E-state index contributed by atoms with van der Waals surface area (Å²) in [6, 6.07) is 7.12. The number of nitrogens with zero attached hydrogens (tertiary/aromatic N) is 1. The molecule has 2 bridgehead atoms. The molecule has 1 aliphatic heterocycles. The van der Waals surface area contributed by atoms with Crippen LogP contribution >= 0.6 is 0 Å². The van der Waals surface area contributed by atoms with Crippen molar-refractivity contribution < 1.29 is 13.2 Å². The molecule has 1 heterocycles. The zero-order valence-corrected chi connectivity index (χ0v) is 17.6. The number of hydrogen-bond acceptors (Lipinski definition) is 3. The van der Waals surface area contributed by atoms with Crippen molar-refractivity contribution in [2.75, 3.05) is 13.1 Å². The lowest BCUT2D eigenvalue weighted by molar-refractivity contribution is -0.116. The van der Waals surface area contributed by atoms with E-state index >= 15 is 0 Å². The molecule has 2 fully saturated rings.